The number of esters is 1. The topological polar surface area (TPSA) is 250 Å². The zero-order chi connectivity index (χ0) is 31.2. The molecule has 0 aliphatic carbocycles. The molecule has 15 nitrogen and oxygen atoms in total. The van der Waals surface area contributed by atoms with E-state index in [2.05, 4.69) is 0 Å². The Labute approximate surface area is 238 Å². The number of carboxylic acid groups (broad SMARTS) is 2. The van der Waals surface area contributed by atoms with Crippen LogP contribution in [0.3, 0.4) is 0 Å². The lowest BCUT2D eigenvalue weighted by molar-refractivity contribution is -0.277. The van der Waals surface area contributed by atoms with Crippen molar-refractivity contribution < 1.29 is 74.2 Å². The number of carbonyl (C=O) groups is 3. The van der Waals surface area contributed by atoms with E-state index < -0.39 is 73.3 Å². The number of methoxy groups -OCH3 is 1. The molecule has 8 N–H and O–H groups in total. The number of benzene rings is 2. The molecule has 0 saturated carbocycles. The minimum absolute atomic E-state index is 0.00456. The highest BCUT2D eigenvalue weighted by molar-refractivity contribution is 5.94. The number of hydrogen-bond donors (Lipinski definition) is 8. The molecular weight excluding hydrogens is 564 g/mol. The van der Waals surface area contributed by atoms with Gasteiger partial charge in [-0.1, -0.05) is 18.2 Å². The smallest absolute Gasteiger partial charge is 0.351 e. The number of carbonyl (C=O) groups excluding carboxylic acids is 1. The second kappa shape index (κ2) is 13.6. The van der Waals surface area contributed by atoms with Gasteiger partial charge in [0, 0.05) is 12.5 Å². The molecule has 0 spiro atoms. The molecule has 0 aromatic heterocycles. The van der Waals surface area contributed by atoms with Gasteiger partial charge < -0.3 is 59.8 Å². The van der Waals surface area contributed by atoms with Crippen LogP contribution in [-0.4, -0.2) is 115 Å². The Hall–Kier alpha value is -4.25. The first kappa shape index (κ1) is 32.3. The molecule has 7 atom stereocenters. The average molecular weight is 595 g/mol. The summed E-state index contributed by atoms with van der Waals surface area (Å²) in [4.78, 5) is 36.4. The predicted octanol–water partition coefficient (Wildman–Crippen LogP) is -1.35. The van der Waals surface area contributed by atoms with Gasteiger partial charge in [0.2, 0.25) is 18.0 Å². The first-order chi connectivity index (χ1) is 19.8. The Morgan fingerprint density at radius 1 is 1.00 bits per heavy atom. The second-order valence-electron chi connectivity index (χ2n) is 9.26. The highest BCUT2D eigenvalue weighted by Gasteiger charge is 2.53. The second-order valence-corrected chi connectivity index (χ2v) is 9.26. The molecule has 3 rings (SSSR count). The van der Waals surface area contributed by atoms with Crippen molar-refractivity contribution in [3.8, 4) is 17.2 Å². The predicted molar refractivity (Wildman–Crippen MR) is 138 cm³/mol. The third-order valence-electron chi connectivity index (χ3n) is 6.41. The lowest BCUT2D eigenvalue weighted by Gasteiger charge is -2.39. The Morgan fingerprint density at radius 2 is 1.67 bits per heavy atom. The minimum atomic E-state index is -2.93. The van der Waals surface area contributed by atoms with Gasteiger partial charge in [0.05, 0.1) is 13.7 Å². The molecule has 2 aromatic rings. The summed E-state index contributed by atoms with van der Waals surface area (Å²) in [5.74, 6) is -5.28. The fourth-order valence-electron chi connectivity index (χ4n) is 4.09. The van der Waals surface area contributed by atoms with Crippen molar-refractivity contribution in [3.63, 3.8) is 0 Å². The molecule has 1 fully saturated rings. The van der Waals surface area contributed by atoms with Crippen LogP contribution in [0.2, 0.25) is 0 Å². The first-order valence-corrected chi connectivity index (χ1v) is 12.3. The maximum Gasteiger partial charge on any atom is 0.351 e. The summed E-state index contributed by atoms with van der Waals surface area (Å²) < 4.78 is 21.1. The van der Waals surface area contributed by atoms with Crippen molar-refractivity contribution in [2.75, 3.05) is 13.7 Å². The zero-order valence-electron chi connectivity index (χ0n) is 22.0. The number of rotatable bonds is 12. The largest absolute Gasteiger partial charge is 0.508 e. The van der Waals surface area contributed by atoms with Gasteiger partial charge in [-0.3, -0.25) is 0 Å². The standard InChI is InChI=1S/C27H30O15/c1-39-17-10-13(4-8-16(17)40-25-22(33)21(32)20(31)18(12-28)41-25)5-9-19(30)42-27(26(37)38,23(34)24(35)36)11-14-2-6-15(29)7-3-14/h2-10,18,20-23,25,28-29,31-34H,11-12H2,1H3,(H,35,36)(H,37,38)/b9-5+/t18-,20-,21+,22-,23+,25-,27-/m1/s1. The summed E-state index contributed by atoms with van der Waals surface area (Å²) >= 11 is 0. The van der Waals surface area contributed by atoms with E-state index in [4.69, 9.17) is 18.9 Å². The van der Waals surface area contributed by atoms with Crippen LogP contribution in [0.5, 0.6) is 17.2 Å². The number of aliphatic hydroxyl groups excluding tert-OH is 5. The number of ether oxygens (including phenoxy) is 4. The Morgan fingerprint density at radius 3 is 2.24 bits per heavy atom. The van der Waals surface area contributed by atoms with Crippen LogP contribution in [-0.2, 0) is 30.3 Å². The van der Waals surface area contributed by atoms with Gasteiger partial charge >= 0.3 is 17.9 Å². The molecule has 1 saturated heterocycles. The number of phenols is 1. The van der Waals surface area contributed by atoms with E-state index in [-0.39, 0.29) is 28.4 Å². The third kappa shape index (κ3) is 7.14. The normalized spacial score (nSPS) is 24.4. The van der Waals surface area contributed by atoms with Crippen LogP contribution in [0.4, 0.5) is 0 Å². The monoisotopic (exact) mass is 594 g/mol. The zero-order valence-corrected chi connectivity index (χ0v) is 22.0. The Bertz CT molecular complexity index is 1290. The lowest BCUT2D eigenvalue weighted by atomic mass is 9.88. The minimum Gasteiger partial charge on any atom is -0.508 e. The van der Waals surface area contributed by atoms with E-state index in [9.17, 15) is 55.2 Å². The highest BCUT2D eigenvalue weighted by atomic mass is 16.7. The quantitative estimate of drug-likeness (QED) is 0.104. The molecule has 0 amide bonds. The lowest BCUT2D eigenvalue weighted by Crippen LogP contribution is -2.60. The summed E-state index contributed by atoms with van der Waals surface area (Å²) in [7, 11) is 1.27. The maximum absolute atomic E-state index is 12.7. The van der Waals surface area contributed by atoms with E-state index in [1.165, 1.54) is 55.7 Å². The first-order valence-electron chi connectivity index (χ1n) is 12.3. The molecular formula is C27H30O15. The van der Waals surface area contributed by atoms with E-state index in [1.54, 1.807) is 0 Å². The van der Waals surface area contributed by atoms with E-state index in [1.807, 2.05) is 0 Å². The molecule has 42 heavy (non-hydrogen) atoms. The highest BCUT2D eigenvalue weighted by Crippen LogP contribution is 2.32. The molecule has 228 valence electrons. The van der Waals surface area contributed by atoms with Crippen molar-refractivity contribution in [3.05, 3.63) is 59.7 Å². The van der Waals surface area contributed by atoms with Crippen LogP contribution < -0.4 is 9.47 Å². The van der Waals surface area contributed by atoms with Crippen LogP contribution in [0, 0.1) is 0 Å². The van der Waals surface area contributed by atoms with Crippen molar-refractivity contribution in [1.29, 1.82) is 0 Å². The van der Waals surface area contributed by atoms with Crippen molar-refractivity contribution in [1.82, 2.24) is 0 Å². The Balaban J connectivity index is 1.81. The molecule has 0 radical (unpaired) electrons. The summed E-state index contributed by atoms with van der Waals surface area (Å²) in [6.07, 6.45) is -9.09. The van der Waals surface area contributed by atoms with Crippen molar-refractivity contribution >= 4 is 24.0 Å². The molecule has 0 unspecified atom stereocenters. The number of aliphatic hydroxyl groups is 5. The third-order valence-corrected chi connectivity index (χ3v) is 6.41. The van der Waals surface area contributed by atoms with Crippen molar-refractivity contribution in [2.45, 2.75) is 48.8 Å². The van der Waals surface area contributed by atoms with Gasteiger partial charge in [-0.05, 0) is 41.5 Å². The van der Waals surface area contributed by atoms with Gasteiger partial charge in [-0.25, -0.2) is 14.4 Å². The van der Waals surface area contributed by atoms with Gasteiger partial charge in [0.25, 0.3) is 0 Å². The van der Waals surface area contributed by atoms with Crippen LogP contribution in [0.15, 0.2) is 48.5 Å². The van der Waals surface area contributed by atoms with Crippen LogP contribution in [0.1, 0.15) is 11.1 Å². The molecule has 1 aliphatic rings. The molecule has 1 heterocycles. The van der Waals surface area contributed by atoms with Crippen LogP contribution >= 0.6 is 0 Å². The van der Waals surface area contributed by atoms with Gasteiger partial charge in [0.1, 0.15) is 30.2 Å². The number of phenolic OH excluding ortho intramolecular Hbond substituents is 1. The van der Waals surface area contributed by atoms with Crippen molar-refractivity contribution in [2.24, 2.45) is 0 Å². The van der Waals surface area contributed by atoms with Gasteiger partial charge in [-0.2, -0.15) is 0 Å². The fraction of sp³-hybridized carbons (Fsp3) is 0.370. The summed E-state index contributed by atoms with van der Waals surface area (Å²) in [5, 5.41) is 78.3. The fourth-order valence-corrected chi connectivity index (χ4v) is 4.09. The summed E-state index contributed by atoms with van der Waals surface area (Å²) in [6, 6.07) is 9.04. The molecule has 2 aromatic carbocycles. The van der Waals surface area contributed by atoms with E-state index >= 15 is 0 Å². The maximum atomic E-state index is 12.7. The number of carboxylic acids is 2. The average Bonchev–Trinajstić information content (AvgIpc) is 2.96. The summed E-state index contributed by atoms with van der Waals surface area (Å²) in [6.45, 7) is -0.663. The number of hydrogen-bond acceptors (Lipinski definition) is 13. The SMILES string of the molecule is COc1cc(/C=C/C(=O)O[C@@](Cc2ccc(O)cc2)(C(=O)O)[C@@H](O)C(=O)O)ccc1O[C@@H]1O[C@H](CO)[C@@H](O)[C@H](O)[C@H]1O. The van der Waals surface area contributed by atoms with Crippen LogP contribution in [0.25, 0.3) is 6.08 Å². The van der Waals surface area contributed by atoms with E-state index in [0.29, 0.717) is 0 Å². The number of aliphatic carboxylic acids is 2. The molecule has 1 aliphatic heterocycles. The molecule has 0 bridgehead atoms. The van der Waals surface area contributed by atoms with Gasteiger partial charge in [0.15, 0.2) is 11.5 Å². The summed E-state index contributed by atoms with van der Waals surface area (Å²) in [5.41, 5.74) is -2.50. The van der Waals surface area contributed by atoms with E-state index in [0.717, 1.165) is 6.08 Å². The molecule has 15 heteroatoms. The Kier molecular flexibility index (Phi) is 10.5. The number of aromatic hydroxyl groups is 1. The van der Waals surface area contributed by atoms with Gasteiger partial charge in [-0.15, -0.1) is 0 Å².